The van der Waals surface area contributed by atoms with E-state index in [4.69, 9.17) is 9.72 Å². The maximum Gasteiger partial charge on any atom is 0.407 e. The first-order valence-corrected chi connectivity index (χ1v) is 19.5. The summed E-state index contributed by atoms with van der Waals surface area (Å²) in [7, 11) is 1.30. The molecule has 11 nitrogen and oxygen atoms in total. The molecule has 11 heteroatoms. The maximum atomic E-state index is 13.5. The molecule has 2 aromatic heterocycles. The van der Waals surface area contributed by atoms with Crippen molar-refractivity contribution in [2.45, 2.75) is 70.5 Å². The fourth-order valence-electron chi connectivity index (χ4n) is 9.15. The van der Waals surface area contributed by atoms with E-state index in [1.54, 1.807) is 0 Å². The molecule has 0 spiro atoms. The lowest BCUT2D eigenvalue weighted by Crippen LogP contribution is -2.51. The van der Waals surface area contributed by atoms with E-state index in [-0.39, 0.29) is 35.6 Å². The SMILES string of the molecule is COC(=O)N[C@H](C(=O)N1CCCC1c1ncc(-c2ccc(-c3ccc(-c4cnc([C@@H]5C6CCC(C6)[C@H]5C(=O)NCc5ccccc5)[nH]4)cc3)cc2)[nH]1)C(C)C. The molecule has 5 aromatic rings. The van der Waals surface area contributed by atoms with Gasteiger partial charge < -0.3 is 30.2 Å². The minimum absolute atomic E-state index is 0.0546. The van der Waals surface area contributed by atoms with E-state index in [2.05, 4.69) is 74.1 Å². The third kappa shape index (κ3) is 7.39. The Hall–Kier alpha value is -5.71. The second-order valence-corrected chi connectivity index (χ2v) is 15.7. The summed E-state index contributed by atoms with van der Waals surface area (Å²) in [6.07, 6.45) is 8.13. The van der Waals surface area contributed by atoms with Crippen LogP contribution in [0, 0.1) is 23.7 Å². The molecule has 3 aromatic carbocycles. The molecule has 3 amide bonds. The number of carbonyl (C=O) groups is 3. The van der Waals surface area contributed by atoms with Gasteiger partial charge in [-0.05, 0) is 77.7 Å². The Kier molecular flexibility index (Phi) is 10.3. The van der Waals surface area contributed by atoms with Gasteiger partial charge in [0.1, 0.15) is 17.7 Å². The van der Waals surface area contributed by atoms with E-state index in [1.807, 2.05) is 61.5 Å². The van der Waals surface area contributed by atoms with Crippen molar-refractivity contribution in [1.82, 2.24) is 35.5 Å². The van der Waals surface area contributed by atoms with Crippen LogP contribution in [0.5, 0.6) is 0 Å². The molecule has 2 bridgehead atoms. The zero-order valence-electron chi connectivity index (χ0n) is 31.6. The Morgan fingerprint density at radius 2 is 1.40 bits per heavy atom. The van der Waals surface area contributed by atoms with E-state index in [0.29, 0.717) is 24.9 Å². The van der Waals surface area contributed by atoms with Gasteiger partial charge in [0.2, 0.25) is 11.8 Å². The monoisotopic (exact) mass is 739 g/mol. The molecule has 3 fully saturated rings. The number of aromatic amines is 2. The highest BCUT2D eigenvalue weighted by Crippen LogP contribution is 2.56. The number of carbonyl (C=O) groups excluding carboxylic acids is 3. The number of imidazole rings is 2. The predicted octanol–water partition coefficient (Wildman–Crippen LogP) is 7.62. The van der Waals surface area contributed by atoms with Crippen molar-refractivity contribution in [2.24, 2.45) is 23.7 Å². The number of alkyl carbamates (subject to hydrolysis) is 1. The van der Waals surface area contributed by atoms with Gasteiger partial charge in [0, 0.05) is 19.0 Å². The molecule has 3 unspecified atom stereocenters. The Morgan fingerprint density at radius 3 is 2.04 bits per heavy atom. The zero-order valence-corrected chi connectivity index (χ0v) is 31.6. The number of H-pyrrole nitrogens is 2. The number of fused-ring (bicyclic) bond motifs is 2. The Bertz CT molecular complexity index is 2120. The molecular formula is C44H49N7O4. The predicted molar refractivity (Wildman–Crippen MR) is 210 cm³/mol. The first-order chi connectivity index (χ1) is 26.8. The standard InChI is InChI=1S/C44H49N7O4/c1-26(2)39(50-44(54)55-3)43(53)51-21-7-10-36(51)40-45-24-34(48-40)30-15-11-28(12-16-30)29-13-17-31(18-14-29)35-25-46-41(49-35)37-32-19-20-33(22-32)38(37)42(52)47-23-27-8-5-4-6-9-27/h4-6,8-9,11-18,24-26,32-33,36-39H,7,10,19-23H2,1-3H3,(H,45,48)(H,46,49)(H,47,52)(H,50,54)/t32?,33?,36?,37-,38-,39+/m1/s1. The van der Waals surface area contributed by atoms with Gasteiger partial charge >= 0.3 is 6.09 Å². The van der Waals surface area contributed by atoms with Gasteiger partial charge in [-0.2, -0.15) is 0 Å². The quantitative estimate of drug-likeness (QED) is 0.110. The average molecular weight is 740 g/mol. The minimum atomic E-state index is -0.675. The smallest absolute Gasteiger partial charge is 0.407 e. The van der Waals surface area contributed by atoms with Crippen LogP contribution >= 0.6 is 0 Å². The number of amides is 3. The molecule has 2 aliphatic carbocycles. The first kappa shape index (κ1) is 36.3. The van der Waals surface area contributed by atoms with Gasteiger partial charge in [-0.15, -0.1) is 0 Å². The van der Waals surface area contributed by atoms with Crippen molar-refractivity contribution in [3.05, 3.63) is 108 Å². The second-order valence-electron chi connectivity index (χ2n) is 15.7. The Labute approximate surface area is 321 Å². The highest BCUT2D eigenvalue weighted by molar-refractivity contribution is 5.86. The molecule has 3 aliphatic rings. The van der Waals surface area contributed by atoms with Crippen LogP contribution in [-0.4, -0.2) is 62.4 Å². The maximum absolute atomic E-state index is 13.5. The molecule has 6 atom stereocenters. The third-order valence-electron chi connectivity index (χ3n) is 12.0. The number of ether oxygens (including phenoxy) is 1. The molecule has 1 saturated heterocycles. The van der Waals surface area contributed by atoms with Gasteiger partial charge in [-0.25, -0.2) is 14.8 Å². The number of hydrogen-bond acceptors (Lipinski definition) is 6. The van der Waals surface area contributed by atoms with Crippen molar-refractivity contribution in [3.8, 4) is 33.6 Å². The summed E-state index contributed by atoms with van der Waals surface area (Å²) in [6, 6.07) is 26.1. The lowest BCUT2D eigenvalue weighted by Gasteiger charge is -2.30. The van der Waals surface area contributed by atoms with Gasteiger partial charge in [0.25, 0.3) is 0 Å². The molecule has 8 rings (SSSR count). The Balaban J connectivity index is 0.918. The van der Waals surface area contributed by atoms with Gasteiger partial charge in [0.15, 0.2) is 0 Å². The van der Waals surface area contributed by atoms with E-state index in [9.17, 15) is 14.4 Å². The summed E-state index contributed by atoms with van der Waals surface area (Å²) >= 11 is 0. The summed E-state index contributed by atoms with van der Waals surface area (Å²) in [6.45, 7) is 4.97. The average Bonchev–Trinajstić information content (AvgIpc) is 4.07. The number of hydrogen-bond donors (Lipinski definition) is 4. The molecular weight excluding hydrogens is 691 g/mol. The molecule has 3 heterocycles. The highest BCUT2D eigenvalue weighted by atomic mass is 16.5. The Morgan fingerprint density at radius 1 is 0.800 bits per heavy atom. The highest BCUT2D eigenvalue weighted by Gasteiger charge is 2.52. The number of benzene rings is 3. The van der Waals surface area contributed by atoms with Crippen molar-refractivity contribution in [2.75, 3.05) is 13.7 Å². The number of nitrogens with one attached hydrogen (secondary N) is 4. The fourth-order valence-corrected chi connectivity index (χ4v) is 9.15. The van der Waals surface area contributed by atoms with E-state index in [0.717, 1.165) is 83.0 Å². The summed E-state index contributed by atoms with van der Waals surface area (Å²) in [5, 5.41) is 5.92. The molecule has 4 N–H and O–H groups in total. The summed E-state index contributed by atoms with van der Waals surface area (Å²) in [5.74, 6) is 2.53. The number of methoxy groups -OCH3 is 1. The van der Waals surface area contributed by atoms with Crippen LogP contribution in [0.2, 0.25) is 0 Å². The van der Waals surface area contributed by atoms with Crippen molar-refractivity contribution >= 4 is 17.9 Å². The van der Waals surface area contributed by atoms with Crippen molar-refractivity contribution in [3.63, 3.8) is 0 Å². The third-order valence-corrected chi connectivity index (χ3v) is 12.0. The second kappa shape index (κ2) is 15.6. The fraction of sp³-hybridized carbons (Fsp3) is 0.386. The van der Waals surface area contributed by atoms with Crippen molar-refractivity contribution in [1.29, 1.82) is 0 Å². The van der Waals surface area contributed by atoms with Crippen LogP contribution in [0.4, 0.5) is 4.79 Å². The molecule has 1 aliphatic heterocycles. The van der Waals surface area contributed by atoms with Crippen LogP contribution in [0.25, 0.3) is 33.6 Å². The first-order valence-electron chi connectivity index (χ1n) is 19.5. The number of aromatic nitrogens is 4. The van der Waals surface area contributed by atoms with Crippen LogP contribution < -0.4 is 10.6 Å². The topological polar surface area (TPSA) is 145 Å². The number of nitrogens with zero attached hydrogens (tertiary/aromatic N) is 3. The normalized spacial score (nSPS) is 22.2. The van der Waals surface area contributed by atoms with Crippen molar-refractivity contribution < 1.29 is 19.1 Å². The van der Waals surface area contributed by atoms with Gasteiger partial charge in [-0.1, -0.05) is 92.7 Å². The minimum Gasteiger partial charge on any atom is -0.453 e. The largest absolute Gasteiger partial charge is 0.453 e. The van der Waals surface area contributed by atoms with Gasteiger partial charge in [-0.3, -0.25) is 9.59 Å². The summed E-state index contributed by atoms with van der Waals surface area (Å²) in [5.41, 5.74) is 7.20. The van der Waals surface area contributed by atoms with Crippen LogP contribution in [0.3, 0.4) is 0 Å². The lowest BCUT2D eigenvalue weighted by molar-refractivity contribution is -0.135. The lowest BCUT2D eigenvalue weighted by atomic mass is 9.78. The van der Waals surface area contributed by atoms with Crippen LogP contribution in [0.15, 0.2) is 91.3 Å². The summed E-state index contributed by atoms with van der Waals surface area (Å²) < 4.78 is 4.76. The molecule has 0 radical (unpaired) electrons. The number of rotatable bonds is 11. The zero-order chi connectivity index (χ0) is 38.1. The molecule has 55 heavy (non-hydrogen) atoms. The van der Waals surface area contributed by atoms with Gasteiger partial charge in [0.05, 0.1) is 42.9 Å². The summed E-state index contributed by atoms with van der Waals surface area (Å²) in [4.78, 5) is 57.4. The number of likely N-dealkylation sites (tertiary alicyclic amines) is 1. The molecule has 2 saturated carbocycles. The molecule has 284 valence electrons. The van der Waals surface area contributed by atoms with E-state index in [1.165, 1.54) is 7.11 Å². The van der Waals surface area contributed by atoms with Crippen LogP contribution in [0.1, 0.15) is 75.1 Å². The van der Waals surface area contributed by atoms with Crippen LogP contribution in [-0.2, 0) is 20.9 Å². The van der Waals surface area contributed by atoms with E-state index < -0.39 is 12.1 Å². The van der Waals surface area contributed by atoms with E-state index >= 15 is 0 Å².